The molecule has 0 radical (unpaired) electrons. The topological polar surface area (TPSA) is 32.3 Å². The Labute approximate surface area is 260 Å². The van der Waals surface area contributed by atoms with Gasteiger partial charge in [-0.05, 0) is 12.8 Å². The van der Waals surface area contributed by atoms with Crippen LogP contribution in [0.25, 0.3) is 0 Å². The number of carbonyl (C=O) groups excluding carboxylic acids is 1. The highest BCUT2D eigenvalue weighted by atomic mass is 16.1. The normalized spacial score (nSPS) is 11.6. The lowest BCUT2D eigenvalue weighted by atomic mass is 10.0. The molecule has 0 spiro atoms. The Morgan fingerprint density at radius 3 is 0.805 bits per heavy atom. The van der Waals surface area contributed by atoms with Gasteiger partial charge in [0, 0.05) is 13.1 Å². The molecule has 0 unspecified atom stereocenters. The van der Waals surface area contributed by atoms with Gasteiger partial charge in [0.15, 0.2) is 0 Å². The van der Waals surface area contributed by atoms with Crippen LogP contribution in [0.3, 0.4) is 0 Å². The molecule has 0 aromatic carbocycles. The van der Waals surface area contributed by atoms with Gasteiger partial charge >= 0.3 is 0 Å². The van der Waals surface area contributed by atoms with Crippen molar-refractivity contribution in [1.29, 1.82) is 0 Å². The molecule has 0 aromatic heterocycles. The second-order valence-electron chi connectivity index (χ2n) is 13.1. The van der Waals surface area contributed by atoms with Gasteiger partial charge < -0.3 is 4.79 Å². The SMILES string of the molecule is CCCCCCCCCCCCCCCCCCN(CCCCCCCCCCCCCCCCCC)NCC=O. The first-order chi connectivity index (χ1) is 20.3. The Kier molecular flexibility index (Phi) is 37.2. The number of unbranched alkanes of at least 4 members (excludes halogenated alkanes) is 30. The first-order valence-electron chi connectivity index (χ1n) is 19.3. The molecule has 0 saturated carbocycles. The summed E-state index contributed by atoms with van der Waals surface area (Å²) < 4.78 is 0. The second kappa shape index (κ2) is 37.6. The second-order valence-corrected chi connectivity index (χ2v) is 13.1. The van der Waals surface area contributed by atoms with Crippen molar-refractivity contribution in [3.05, 3.63) is 0 Å². The zero-order valence-electron chi connectivity index (χ0n) is 28.7. The standard InChI is InChI=1S/C38H78N2O/c1-3-5-7-9-11-13-15-17-19-21-23-25-27-29-31-33-36-40(39-35-38-41)37-34-32-30-28-26-24-22-20-18-16-14-12-10-8-6-4-2/h38-39H,3-37H2,1-2H3. The van der Waals surface area contributed by atoms with Crippen LogP contribution in [0.15, 0.2) is 0 Å². The number of rotatable bonds is 37. The van der Waals surface area contributed by atoms with Gasteiger partial charge in [0.05, 0.1) is 6.54 Å². The lowest BCUT2D eigenvalue weighted by molar-refractivity contribution is -0.108. The van der Waals surface area contributed by atoms with E-state index < -0.39 is 0 Å². The average Bonchev–Trinajstić information content (AvgIpc) is 2.98. The molecule has 0 heterocycles. The summed E-state index contributed by atoms with van der Waals surface area (Å²) in [6, 6.07) is 0. The van der Waals surface area contributed by atoms with E-state index in [1.807, 2.05) is 0 Å². The van der Waals surface area contributed by atoms with Crippen molar-refractivity contribution >= 4 is 6.29 Å². The summed E-state index contributed by atoms with van der Waals surface area (Å²) in [5, 5.41) is 2.32. The van der Waals surface area contributed by atoms with Crippen molar-refractivity contribution in [3.8, 4) is 0 Å². The molecule has 3 nitrogen and oxygen atoms in total. The van der Waals surface area contributed by atoms with Crippen LogP contribution in [0.4, 0.5) is 0 Å². The predicted octanol–water partition coefficient (Wildman–Crippen LogP) is 12.5. The summed E-state index contributed by atoms with van der Waals surface area (Å²) in [7, 11) is 0. The van der Waals surface area contributed by atoms with Crippen molar-refractivity contribution in [2.45, 2.75) is 219 Å². The van der Waals surface area contributed by atoms with Gasteiger partial charge in [0.2, 0.25) is 0 Å². The molecule has 1 N–H and O–H groups in total. The zero-order valence-corrected chi connectivity index (χ0v) is 28.7. The maximum absolute atomic E-state index is 10.9. The monoisotopic (exact) mass is 579 g/mol. The zero-order chi connectivity index (χ0) is 29.7. The molecular formula is C38H78N2O. The number of hydrogen-bond donors (Lipinski definition) is 1. The quantitative estimate of drug-likeness (QED) is 0.0452. The highest BCUT2D eigenvalue weighted by Gasteiger charge is 2.04. The van der Waals surface area contributed by atoms with E-state index in [1.54, 1.807) is 0 Å². The molecule has 0 aliphatic rings. The summed E-state index contributed by atoms with van der Waals surface area (Å²) in [4.78, 5) is 10.9. The number of nitrogens with one attached hydrogen (secondary N) is 1. The summed E-state index contributed by atoms with van der Waals surface area (Å²) in [5.74, 6) is 0. The van der Waals surface area contributed by atoms with Gasteiger partial charge in [0.1, 0.15) is 6.29 Å². The summed E-state index contributed by atoms with van der Waals surface area (Å²) in [6.45, 7) is 7.23. The highest BCUT2D eigenvalue weighted by Crippen LogP contribution is 2.15. The molecule has 0 fully saturated rings. The Morgan fingerprint density at radius 2 is 0.585 bits per heavy atom. The number of nitrogens with zero attached hydrogens (tertiary/aromatic N) is 1. The summed E-state index contributed by atoms with van der Waals surface area (Å²) >= 11 is 0. The van der Waals surface area contributed by atoms with Crippen LogP contribution < -0.4 is 5.43 Å². The number of hydrazine groups is 1. The minimum atomic E-state index is 0.456. The fourth-order valence-corrected chi connectivity index (χ4v) is 6.14. The first kappa shape index (κ1) is 40.6. The molecule has 0 aromatic rings. The van der Waals surface area contributed by atoms with Crippen LogP contribution in [-0.2, 0) is 4.79 Å². The minimum Gasteiger partial charge on any atom is -0.302 e. The molecular weight excluding hydrogens is 500 g/mol. The van der Waals surface area contributed by atoms with Gasteiger partial charge in [0.25, 0.3) is 0 Å². The fraction of sp³-hybridized carbons (Fsp3) is 0.974. The Balaban J connectivity index is 3.45. The van der Waals surface area contributed by atoms with Crippen molar-refractivity contribution < 1.29 is 4.79 Å². The van der Waals surface area contributed by atoms with Gasteiger partial charge in [-0.15, -0.1) is 0 Å². The molecule has 0 aliphatic heterocycles. The largest absolute Gasteiger partial charge is 0.302 e. The third-order valence-electron chi connectivity index (χ3n) is 8.96. The van der Waals surface area contributed by atoms with E-state index >= 15 is 0 Å². The molecule has 0 atom stereocenters. The van der Waals surface area contributed by atoms with Crippen molar-refractivity contribution in [1.82, 2.24) is 10.4 Å². The van der Waals surface area contributed by atoms with Crippen LogP contribution in [0.1, 0.15) is 219 Å². The molecule has 0 bridgehead atoms. The number of carbonyl (C=O) groups is 1. The third-order valence-corrected chi connectivity index (χ3v) is 8.96. The van der Waals surface area contributed by atoms with Crippen LogP contribution in [-0.4, -0.2) is 30.9 Å². The van der Waals surface area contributed by atoms with E-state index in [0.29, 0.717) is 6.54 Å². The maximum atomic E-state index is 10.9. The number of hydrogen-bond acceptors (Lipinski definition) is 3. The van der Waals surface area contributed by atoms with Crippen molar-refractivity contribution in [2.75, 3.05) is 19.6 Å². The summed E-state index contributed by atoms with van der Waals surface area (Å²) in [5.41, 5.74) is 3.34. The summed E-state index contributed by atoms with van der Waals surface area (Å²) in [6.07, 6.45) is 46.2. The van der Waals surface area contributed by atoms with Crippen LogP contribution in [0, 0.1) is 0 Å². The van der Waals surface area contributed by atoms with Gasteiger partial charge in [-0.3, -0.25) is 0 Å². The fourth-order valence-electron chi connectivity index (χ4n) is 6.14. The molecule has 0 saturated heterocycles. The third kappa shape index (κ3) is 35.7. The van der Waals surface area contributed by atoms with Gasteiger partial charge in [-0.1, -0.05) is 206 Å². The van der Waals surface area contributed by atoms with E-state index in [9.17, 15) is 4.79 Å². The molecule has 246 valence electrons. The van der Waals surface area contributed by atoms with Crippen LogP contribution in [0.5, 0.6) is 0 Å². The minimum absolute atomic E-state index is 0.456. The predicted molar refractivity (Wildman–Crippen MR) is 185 cm³/mol. The van der Waals surface area contributed by atoms with Gasteiger partial charge in [-0.25, -0.2) is 10.4 Å². The van der Waals surface area contributed by atoms with Crippen LogP contribution >= 0.6 is 0 Å². The molecule has 0 aliphatic carbocycles. The van der Waals surface area contributed by atoms with Crippen molar-refractivity contribution in [3.63, 3.8) is 0 Å². The average molecular weight is 579 g/mol. The molecule has 0 rings (SSSR count). The first-order valence-corrected chi connectivity index (χ1v) is 19.3. The van der Waals surface area contributed by atoms with E-state index in [0.717, 1.165) is 19.4 Å². The number of aldehydes is 1. The van der Waals surface area contributed by atoms with Crippen molar-refractivity contribution in [2.24, 2.45) is 0 Å². The lowest BCUT2D eigenvalue weighted by Gasteiger charge is -2.22. The van der Waals surface area contributed by atoms with Gasteiger partial charge in [-0.2, -0.15) is 0 Å². The Morgan fingerprint density at radius 1 is 0.366 bits per heavy atom. The highest BCUT2D eigenvalue weighted by molar-refractivity contribution is 5.51. The Hall–Kier alpha value is -0.410. The molecule has 0 amide bonds. The van der Waals surface area contributed by atoms with E-state index in [2.05, 4.69) is 24.3 Å². The smallest absolute Gasteiger partial charge is 0.135 e. The molecule has 41 heavy (non-hydrogen) atoms. The lowest BCUT2D eigenvalue weighted by Crippen LogP contribution is -2.40. The van der Waals surface area contributed by atoms with Crippen LogP contribution in [0.2, 0.25) is 0 Å². The molecule has 3 heteroatoms. The van der Waals surface area contributed by atoms with E-state index in [4.69, 9.17) is 0 Å². The van der Waals surface area contributed by atoms with E-state index in [-0.39, 0.29) is 0 Å². The van der Waals surface area contributed by atoms with E-state index in [1.165, 1.54) is 205 Å². The Bertz CT molecular complexity index is 433. The maximum Gasteiger partial charge on any atom is 0.135 e.